The minimum Gasteiger partial charge on any atom is -0.497 e. The fourth-order valence-corrected chi connectivity index (χ4v) is 4.18. The lowest BCUT2D eigenvalue weighted by Crippen LogP contribution is -2.41. The van der Waals surface area contributed by atoms with Crippen LogP contribution in [0.1, 0.15) is 35.8 Å². The van der Waals surface area contributed by atoms with E-state index in [1.54, 1.807) is 14.2 Å². The van der Waals surface area contributed by atoms with E-state index in [4.69, 9.17) is 9.47 Å². The van der Waals surface area contributed by atoms with Crippen molar-refractivity contribution >= 4 is 5.96 Å². The van der Waals surface area contributed by atoms with Crippen LogP contribution >= 0.6 is 0 Å². The molecule has 2 aromatic carbocycles. The van der Waals surface area contributed by atoms with Crippen molar-refractivity contribution in [1.29, 1.82) is 0 Å². The Morgan fingerprint density at radius 3 is 2.39 bits per heavy atom. The van der Waals surface area contributed by atoms with Gasteiger partial charge in [0, 0.05) is 44.1 Å². The molecular weight excluding hydrogens is 350 g/mol. The van der Waals surface area contributed by atoms with Crippen LogP contribution in [0, 0.1) is 0 Å². The molecule has 1 heterocycles. The van der Waals surface area contributed by atoms with Crippen LogP contribution in [0.2, 0.25) is 0 Å². The Labute approximate surface area is 167 Å². The summed E-state index contributed by atoms with van der Waals surface area (Å²) in [5, 5.41) is 3.67. The van der Waals surface area contributed by atoms with E-state index in [1.807, 2.05) is 13.1 Å². The summed E-state index contributed by atoms with van der Waals surface area (Å²) in [5.41, 5.74) is 2.68. The summed E-state index contributed by atoms with van der Waals surface area (Å²) < 4.78 is 10.9. The molecule has 0 amide bonds. The van der Waals surface area contributed by atoms with Gasteiger partial charge in [-0.1, -0.05) is 30.3 Å². The van der Waals surface area contributed by atoms with Gasteiger partial charge in [0.2, 0.25) is 0 Å². The first kappa shape index (κ1) is 18.7. The topological polar surface area (TPSA) is 46.1 Å². The van der Waals surface area contributed by atoms with E-state index in [9.17, 15) is 0 Å². The van der Waals surface area contributed by atoms with Gasteiger partial charge in [0.25, 0.3) is 0 Å². The molecule has 2 aromatic rings. The summed E-state index contributed by atoms with van der Waals surface area (Å²) in [7, 11) is 5.28. The summed E-state index contributed by atoms with van der Waals surface area (Å²) in [6, 6.07) is 17.4. The molecule has 5 nitrogen and oxygen atoms in total. The maximum Gasteiger partial charge on any atom is 0.193 e. The van der Waals surface area contributed by atoms with Crippen molar-refractivity contribution in [2.45, 2.75) is 30.7 Å². The van der Waals surface area contributed by atoms with Gasteiger partial charge in [-0.2, -0.15) is 0 Å². The van der Waals surface area contributed by atoms with Gasteiger partial charge in [0.1, 0.15) is 11.5 Å². The van der Waals surface area contributed by atoms with Crippen molar-refractivity contribution < 1.29 is 9.47 Å². The number of benzene rings is 2. The molecule has 3 atom stereocenters. The Kier molecular flexibility index (Phi) is 5.42. The molecule has 4 rings (SSSR count). The van der Waals surface area contributed by atoms with Gasteiger partial charge in [-0.3, -0.25) is 4.99 Å². The molecular formula is C23H29N3O2. The lowest BCUT2D eigenvalue weighted by Gasteiger charge is -2.22. The molecule has 2 fully saturated rings. The highest BCUT2D eigenvalue weighted by Gasteiger charge is 2.40. The molecule has 0 bridgehead atoms. The van der Waals surface area contributed by atoms with Crippen LogP contribution in [-0.4, -0.2) is 51.3 Å². The average molecular weight is 380 g/mol. The van der Waals surface area contributed by atoms with Crippen molar-refractivity contribution in [3.63, 3.8) is 0 Å². The van der Waals surface area contributed by atoms with Gasteiger partial charge >= 0.3 is 0 Å². The molecule has 1 N–H and O–H groups in total. The normalized spacial score (nSPS) is 24.2. The van der Waals surface area contributed by atoms with Gasteiger partial charge in [-0.15, -0.1) is 0 Å². The monoisotopic (exact) mass is 379 g/mol. The van der Waals surface area contributed by atoms with Crippen molar-refractivity contribution in [2.24, 2.45) is 4.99 Å². The van der Waals surface area contributed by atoms with E-state index in [0.717, 1.165) is 37.0 Å². The van der Waals surface area contributed by atoms with E-state index in [0.29, 0.717) is 17.9 Å². The molecule has 28 heavy (non-hydrogen) atoms. The lowest BCUT2D eigenvalue weighted by molar-refractivity contribution is 0.392. The summed E-state index contributed by atoms with van der Waals surface area (Å²) in [5.74, 6) is 3.75. The van der Waals surface area contributed by atoms with Crippen LogP contribution in [0.4, 0.5) is 0 Å². The zero-order valence-corrected chi connectivity index (χ0v) is 16.9. The first-order valence-corrected chi connectivity index (χ1v) is 9.98. The van der Waals surface area contributed by atoms with Crippen LogP contribution in [-0.2, 0) is 0 Å². The fraction of sp³-hybridized carbons (Fsp3) is 0.435. The molecule has 5 heteroatoms. The van der Waals surface area contributed by atoms with E-state index in [2.05, 4.69) is 57.7 Å². The van der Waals surface area contributed by atoms with Gasteiger partial charge in [-0.05, 0) is 36.1 Å². The molecule has 148 valence electrons. The average Bonchev–Trinajstić information content (AvgIpc) is 3.35. The number of ether oxygens (including phenoxy) is 2. The van der Waals surface area contributed by atoms with E-state index in [1.165, 1.54) is 17.5 Å². The standard InChI is InChI=1S/C23H29N3O2/c1-24-23(25-22-14-21(22)16-7-5-4-6-8-16)26-10-9-17(15-26)18-11-19(27-2)13-20(12-18)28-3/h4-8,11-13,17,21-22H,9-10,14-15H2,1-3H3,(H,24,25). The second-order valence-corrected chi connectivity index (χ2v) is 7.63. The zero-order chi connectivity index (χ0) is 19.5. The zero-order valence-electron chi connectivity index (χ0n) is 16.9. The maximum atomic E-state index is 5.44. The number of nitrogens with one attached hydrogen (secondary N) is 1. The minimum atomic E-state index is 0.451. The van der Waals surface area contributed by atoms with Crippen LogP contribution in [0.25, 0.3) is 0 Å². The summed E-state index contributed by atoms with van der Waals surface area (Å²) in [4.78, 5) is 6.93. The third-order valence-corrected chi connectivity index (χ3v) is 5.88. The van der Waals surface area contributed by atoms with E-state index in [-0.39, 0.29) is 0 Å². The Morgan fingerprint density at radius 2 is 1.75 bits per heavy atom. The van der Waals surface area contributed by atoms with Crippen molar-refractivity contribution in [3.8, 4) is 11.5 Å². The summed E-state index contributed by atoms with van der Waals surface area (Å²) >= 11 is 0. The number of hydrogen-bond acceptors (Lipinski definition) is 3. The number of rotatable bonds is 5. The lowest BCUT2D eigenvalue weighted by atomic mass is 9.98. The number of guanidine groups is 1. The Morgan fingerprint density at radius 1 is 1.04 bits per heavy atom. The first-order valence-electron chi connectivity index (χ1n) is 9.98. The van der Waals surface area contributed by atoms with Crippen LogP contribution in [0.3, 0.4) is 0 Å². The molecule has 1 saturated carbocycles. The molecule has 1 saturated heterocycles. The first-order chi connectivity index (χ1) is 13.7. The smallest absolute Gasteiger partial charge is 0.193 e. The largest absolute Gasteiger partial charge is 0.497 e. The third kappa shape index (κ3) is 3.93. The van der Waals surface area contributed by atoms with Crippen molar-refractivity contribution in [2.75, 3.05) is 34.4 Å². The molecule has 1 aliphatic heterocycles. The number of likely N-dealkylation sites (tertiary alicyclic amines) is 1. The highest BCUT2D eigenvalue weighted by Crippen LogP contribution is 2.41. The van der Waals surface area contributed by atoms with Crippen molar-refractivity contribution in [1.82, 2.24) is 10.2 Å². The molecule has 2 aliphatic rings. The van der Waals surface area contributed by atoms with E-state index < -0.39 is 0 Å². The third-order valence-electron chi connectivity index (χ3n) is 5.88. The highest BCUT2D eigenvalue weighted by atomic mass is 16.5. The van der Waals surface area contributed by atoms with Crippen LogP contribution < -0.4 is 14.8 Å². The molecule has 0 spiro atoms. The van der Waals surface area contributed by atoms with Crippen LogP contribution in [0.5, 0.6) is 11.5 Å². The molecule has 1 aliphatic carbocycles. The SMILES string of the molecule is CN=C(NC1CC1c1ccccc1)N1CCC(c2cc(OC)cc(OC)c2)C1. The van der Waals surface area contributed by atoms with Gasteiger partial charge < -0.3 is 19.7 Å². The maximum absolute atomic E-state index is 5.44. The quantitative estimate of drug-likeness (QED) is 0.637. The number of aliphatic imine (C=N–C) groups is 1. The van der Waals surface area contributed by atoms with Gasteiger partial charge in [0.15, 0.2) is 5.96 Å². The molecule has 0 aromatic heterocycles. The predicted octanol–water partition coefficient (Wildman–Crippen LogP) is 3.62. The van der Waals surface area contributed by atoms with Gasteiger partial charge in [0.05, 0.1) is 14.2 Å². The number of hydrogen-bond donors (Lipinski definition) is 1. The van der Waals surface area contributed by atoms with E-state index >= 15 is 0 Å². The van der Waals surface area contributed by atoms with Crippen LogP contribution in [0.15, 0.2) is 53.5 Å². The predicted molar refractivity (Wildman–Crippen MR) is 113 cm³/mol. The summed E-state index contributed by atoms with van der Waals surface area (Å²) in [6.45, 7) is 1.96. The number of methoxy groups -OCH3 is 2. The Balaban J connectivity index is 1.39. The fourth-order valence-electron chi connectivity index (χ4n) is 4.18. The highest BCUT2D eigenvalue weighted by molar-refractivity contribution is 5.81. The Hall–Kier alpha value is -2.69. The minimum absolute atomic E-state index is 0.451. The number of nitrogens with zero attached hydrogens (tertiary/aromatic N) is 2. The van der Waals surface area contributed by atoms with Crippen molar-refractivity contribution in [3.05, 3.63) is 59.7 Å². The Bertz CT molecular complexity index is 815. The van der Waals surface area contributed by atoms with Gasteiger partial charge in [-0.25, -0.2) is 0 Å². The second kappa shape index (κ2) is 8.13. The molecule has 3 unspecified atom stereocenters. The molecule has 0 radical (unpaired) electrons. The summed E-state index contributed by atoms with van der Waals surface area (Å²) in [6.07, 6.45) is 2.27. The second-order valence-electron chi connectivity index (χ2n) is 7.63.